The molecule has 5 nitrogen and oxygen atoms in total. The summed E-state index contributed by atoms with van der Waals surface area (Å²) in [4.78, 5) is 27.6. The summed E-state index contributed by atoms with van der Waals surface area (Å²) in [7, 11) is 0. The minimum atomic E-state index is -0.728. The fourth-order valence-corrected chi connectivity index (χ4v) is 3.87. The lowest BCUT2D eigenvalue weighted by atomic mass is 9.94. The van der Waals surface area contributed by atoms with Crippen LogP contribution in [0, 0.1) is 6.92 Å². The summed E-state index contributed by atoms with van der Waals surface area (Å²) in [5, 5.41) is 11.1. The number of ketones is 1. The van der Waals surface area contributed by atoms with Gasteiger partial charge in [0.15, 0.2) is 0 Å². The molecule has 156 valence electrons. The van der Waals surface area contributed by atoms with Crippen LogP contribution in [0.1, 0.15) is 29.7 Å². The van der Waals surface area contributed by atoms with Crippen molar-refractivity contribution in [2.45, 2.75) is 19.9 Å². The fraction of sp³-hybridized carbons (Fsp3) is 0.154. The third-order valence-corrected chi connectivity index (χ3v) is 5.28. The molecule has 3 aromatic carbocycles. The largest absolute Gasteiger partial charge is 0.507 e. The van der Waals surface area contributed by atoms with E-state index in [9.17, 15) is 14.7 Å². The van der Waals surface area contributed by atoms with Crippen molar-refractivity contribution in [1.82, 2.24) is 0 Å². The minimum Gasteiger partial charge on any atom is -0.507 e. The number of anilines is 1. The van der Waals surface area contributed by atoms with Gasteiger partial charge in [-0.25, -0.2) is 0 Å². The second-order valence-electron chi connectivity index (χ2n) is 7.38. The zero-order valence-electron chi connectivity index (χ0n) is 17.4. The van der Waals surface area contributed by atoms with Crippen LogP contribution in [0.15, 0.2) is 84.4 Å². The zero-order chi connectivity index (χ0) is 22.0. The number of aliphatic hydroxyl groups excluding tert-OH is 1. The molecule has 0 aliphatic carbocycles. The molecule has 0 saturated carbocycles. The van der Waals surface area contributed by atoms with E-state index < -0.39 is 17.7 Å². The predicted octanol–water partition coefficient (Wildman–Crippen LogP) is 5.02. The molecule has 1 amide bonds. The first kappa shape index (κ1) is 20.4. The van der Waals surface area contributed by atoms with E-state index in [1.54, 1.807) is 36.4 Å². The van der Waals surface area contributed by atoms with Gasteiger partial charge in [0.2, 0.25) is 0 Å². The molecule has 31 heavy (non-hydrogen) atoms. The Morgan fingerprint density at radius 2 is 1.68 bits per heavy atom. The fourth-order valence-electron chi connectivity index (χ4n) is 3.87. The Morgan fingerprint density at radius 1 is 0.968 bits per heavy atom. The second-order valence-corrected chi connectivity index (χ2v) is 7.38. The lowest BCUT2D eigenvalue weighted by Gasteiger charge is -2.25. The molecule has 1 saturated heterocycles. The Hall–Kier alpha value is -3.86. The summed E-state index contributed by atoms with van der Waals surface area (Å²) >= 11 is 0. The van der Waals surface area contributed by atoms with Gasteiger partial charge < -0.3 is 9.84 Å². The van der Waals surface area contributed by atoms with E-state index in [0.717, 1.165) is 11.1 Å². The number of hydrogen-bond donors (Lipinski definition) is 1. The highest BCUT2D eigenvalue weighted by molar-refractivity contribution is 6.51. The molecule has 0 radical (unpaired) electrons. The SMILES string of the molecule is CCOc1ccc(/C(O)=C2/C(=O)C(=O)N(c3ccccc3)C2c2cccc(C)c2)cc1. The molecule has 1 fully saturated rings. The van der Waals surface area contributed by atoms with Gasteiger partial charge in [0.25, 0.3) is 11.7 Å². The molecule has 3 aromatic rings. The number of para-hydroxylation sites is 1. The zero-order valence-corrected chi connectivity index (χ0v) is 17.4. The van der Waals surface area contributed by atoms with Crippen LogP contribution in [0.4, 0.5) is 5.69 Å². The second kappa shape index (κ2) is 8.48. The number of carbonyl (C=O) groups is 2. The Morgan fingerprint density at radius 3 is 2.32 bits per heavy atom. The van der Waals surface area contributed by atoms with Gasteiger partial charge >= 0.3 is 0 Å². The molecule has 1 unspecified atom stereocenters. The van der Waals surface area contributed by atoms with Gasteiger partial charge in [-0.2, -0.15) is 0 Å². The maximum atomic E-state index is 13.1. The van der Waals surface area contributed by atoms with Crippen molar-refractivity contribution >= 4 is 23.1 Å². The lowest BCUT2D eigenvalue weighted by Crippen LogP contribution is -2.29. The van der Waals surface area contributed by atoms with Gasteiger partial charge in [0, 0.05) is 11.3 Å². The number of rotatable bonds is 5. The molecule has 4 rings (SSSR count). The predicted molar refractivity (Wildman–Crippen MR) is 120 cm³/mol. The van der Waals surface area contributed by atoms with Crippen molar-refractivity contribution in [3.8, 4) is 5.75 Å². The quantitative estimate of drug-likeness (QED) is 0.362. The van der Waals surface area contributed by atoms with E-state index in [2.05, 4.69) is 0 Å². The molecule has 0 bridgehead atoms. The van der Waals surface area contributed by atoms with Gasteiger partial charge in [-0.15, -0.1) is 0 Å². The summed E-state index contributed by atoms with van der Waals surface area (Å²) in [6.07, 6.45) is 0. The Bertz CT molecular complexity index is 1150. The van der Waals surface area contributed by atoms with Crippen LogP contribution in [0.5, 0.6) is 5.75 Å². The van der Waals surface area contributed by atoms with Crippen molar-refractivity contribution in [2.24, 2.45) is 0 Å². The van der Waals surface area contributed by atoms with Crippen LogP contribution < -0.4 is 9.64 Å². The first-order valence-electron chi connectivity index (χ1n) is 10.2. The van der Waals surface area contributed by atoms with E-state index in [0.29, 0.717) is 23.6 Å². The molecule has 1 atom stereocenters. The molecule has 0 aromatic heterocycles. The normalized spacial score (nSPS) is 17.7. The average molecular weight is 413 g/mol. The summed E-state index contributed by atoms with van der Waals surface area (Å²) in [5.41, 5.74) is 2.88. The number of aliphatic hydroxyl groups is 1. The summed E-state index contributed by atoms with van der Waals surface area (Å²) in [6.45, 7) is 4.37. The van der Waals surface area contributed by atoms with Crippen LogP contribution in [-0.4, -0.2) is 23.4 Å². The molecule has 1 N–H and O–H groups in total. The van der Waals surface area contributed by atoms with Crippen molar-refractivity contribution < 1.29 is 19.4 Å². The number of nitrogens with zero attached hydrogens (tertiary/aromatic N) is 1. The number of amides is 1. The Kier molecular flexibility index (Phi) is 5.58. The Balaban J connectivity index is 1.89. The molecule has 1 aliphatic rings. The summed E-state index contributed by atoms with van der Waals surface area (Å²) in [6, 6.07) is 22.8. The lowest BCUT2D eigenvalue weighted by molar-refractivity contribution is -0.132. The van der Waals surface area contributed by atoms with E-state index in [-0.39, 0.29) is 11.3 Å². The van der Waals surface area contributed by atoms with Crippen LogP contribution in [0.25, 0.3) is 5.76 Å². The van der Waals surface area contributed by atoms with Crippen LogP contribution in [0.3, 0.4) is 0 Å². The van der Waals surface area contributed by atoms with E-state index in [4.69, 9.17) is 4.74 Å². The highest BCUT2D eigenvalue weighted by Gasteiger charge is 2.46. The summed E-state index contributed by atoms with van der Waals surface area (Å²) < 4.78 is 5.46. The highest BCUT2D eigenvalue weighted by atomic mass is 16.5. The topological polar surface area (TPSA) is 66.8 Å². The smallest absolute Gasteiger partial charge is 0.300 e. The molecular weight excluding hydrogens is 390 g/mol. The van der Waals surface area contributed by atoms with Crippen molar-refractivity contribution in [1.29, 1.82) is 0 Å². The van der Waals surface area contributed by atoms with Gasteiger partial charge in [-0.1, -0.05) is 48.0 Å². The average Bonchev–Trinajstić information content (AvgIpc) is 3.05. The van der Waals surface area contributed by atoms with E-state index in [1.807, 2.05) is 56.3 Å². The standard InChI is InChI=1S/C26H23NO4/c1-3-31-21-14-12-18(13-15-21)24(28)22-23(19-9-7-8-17(2)16-19)27(26(30)25(22)29)20-10-5-4-6-11-20/h4-16,23,28H,3H2,1-2H3/b24-22-. The van der Waals surface area contributed by atoms with Crippen LogP contribution in [0.2, 0.25) is 0 Å². The molecule has 1 aliphatic heterocycles. The number of ether oxygens (including phenoxy) is 1. The number of aryl methyl sites for hydroxylation is 1. The number of Topliss-reactive ketones (excluding diaryl/α,β-unsaturated/α-hetero) is 1. The number of hydrogen-bond acceptors (Lipinski definition) is 4. The summed E-state index contributed by atoms with van der Waals surface area (Å²) in [5.74, 6) is -0.905. The molecule has 1 heterocycles. The van der Waals surface area contributed by atoms with Gasteiger partial charge in [0.1, 0.15) is 11.5 Å². The van der Waals surface area contributed by atoms with E-state index in [1.165, 1.54) is 4.90 Å². The van der Waals surface area contributed by atoms with Gasteiger partial charge in [0.05, 0.1) is 18.2 Å². The molecule has 0 spiro atoms. The first-order chi connectivity index (χ1) is 15.0. The van der Waals surface area contributed by atoms with Crippen molar-refractivity contribution in [2.75, 3.05) is 11.5 Å². The van der Waals surface area contributed by atoms with Gasteiger partial charge in [-0.3, -0.25) is 14.5 Å². The maximum Gasteiger partial charge on any atom is 0.300 e. The number of carbonyl (C=O) groups excluding carboxylic acids is 2. The van der Waals surface area contributed by atoms with Gasteiger partial charge in [-0.05, 0) is 55.8 Å². The minimum absolute atomic E-state index is 0.0728. The third-order valence-electron chi connectivity index (χ3n) is 5.28. The molecular formula is C26H23NO4. The van der Waals surface area contributed by atoms with Crippen LogP contribution >= 0.6 is 0 Å². The molecule has 5 heteroatoms. The Labute approximate surface area is 181 Å². The van der Waals surface area contributed by atoms with Crippen LogP contribution in [-0.2, 0) is 9.59 Å². The third kappa shape index (κ3) is 3.82. The first-order valence-corrected chi connectivity index (χ1v) is 10.2. The van der Waals surface area contributed by atoms with E-state index >= 15 is 0 Å². The highest BCUT2D eigenvalue weighted by Crippen LogP contribution is 2.42. The maximum absolute atomic E-state index is 13.1. The van der Waals surface area contributed by atoms with Crippen molar-refractivity contribution in [3.63, 3.8) is 0 Å². The monoisotopic (exact) mass is 413 g/mol. The van der Waals surface area contributed by atoms with Crippen molar-refractivity contribution in [3.05, 3.63) is 101 Å². The number of benzene rings is 3.